The summed E-state index contributed by atoms with van der Waals surface area (Å²) < 4.78 is 16.6. The highest BCUT2D eigenvalue weighted by Gasteiger charge is 2.54. The van der Waals surface area contributed by atoms with E-state index in [0.717, 1.165) is 37.7 Å². The summed E-state index contributed by atoms with van der Waals surface area (Å²) in [5, 5.41) is 0. The van der Waals surface area contributed by atoms with E-state index in [4.69, 9.17) is 14.2 Å². The number of rotatable bonds is 13. The fourth-order valence-corrected chi connectivity index (χ4v) is 4.42. The number of carbonyl (C=O) groups is 4. The largest absolute Gasteiger partial charge is 0.466 e. The summed E-state index contributed by atoms with van der Waals surface area (Å²) in [6.45, 7) is 8.51. The second-order valence-corrected chi connectivity index (χ2v) is 10.5. The first-order chi connectivity index (χ1) is 17.0. The summed E-state index contributed by atoms with van der Waals surface area (Å²) in [6.07, 6.45) is 8.44. The van der Waals surface area contributed by atoms with E-state index in [1.807, 2.05) is 0 Å². The Labute approximate surface area is 214 Å². The highest BCUT2D eigenvalue weighted by atomic mass is 16.6. The Morgan fingerprint density at radius 2 is 1.72 bits per heavy atom. The number of pyridine rings is 1. The zero-order valence-corrected chi connectivity index (χ0v) is 22.4. The van der Waals surface area contributed by atoms with Crippen LogP contribution in [0, 0.1) is 12.3 Å². The van der Waals surface area contributed by atoms with Crippen molar-refractivity contribution in [2.45, 2.75) is 104 Å². The minimum Gasteiger partial charge on any atom is -0.466 e. The summed E-state index contributed by atoms with van der Waals surface area (Å²) in [6, 6.07) is 1.61. The minimum atomic E-state index is -2.09. The minimum absolute atomic E-state index is 0.0708. The van der Waals surface area contributed by atoms with E-state index in [9.17, 15) is 19.2 Å². The SMILES string of the molecule is CCOC(=O)CCCCC(C(=O)COC1CCCCC1)(C(=O)OC(C)(C)C)C(=O)c1cncc(C)c1. The molecule has 0 aromatic carbocycles. The molecule has 1 heterocycles. The van der Waals surface area contributed by atoms with Gasteiger partial charge in [0.25, 0.3) is 0 Å². The molecule has 1 aliphatic carbocycles. The first-order valence-electron chi connectivity index (χ1n) is 13.0. The van der Waals surface area contributed by atoms with Gasteiger partial charge in [-0.15, -0.1) is 0 Å². The van der Waals surface area contributed by atoms with E-state index < -0.39 is 28.6 Å². The Kier molecular flexibility index (Phi) is 11.2. The third-order valence-electron chi connectivity index (χ3n) is 6.24. The van der Waals surface area contributed by atoms with Crippen LogP contribution in [0.15, 0.2) is 18.5 Å². The van der Waals surface area contributed by atoms with E-state index in [1.165, 1.54) is 6.20 Å². The van der Waals surface area contributed by atoms with Crippen molar-refractivity contribution < 1.29 is 33.4 Å². The Bertz CT molecular complexity index is 915. The van der Waals surface area contributed by atoms with Crippen molar-refractivity contribution in [2.75, 3.05) is 13.2 Å². The van der Waals surface area contributed by atoms with Gasteiger partial charge >= 0.3 is 11.9 Å². The quantitative estimate of drug-likeness (QED) is 0.161. The summed E-state index contributed by atoms with van der Waals surface area (Å²) in [4.78, 5) is 57.4. The molecular formula is C28H41NO7. The number of aryl methyl sites for hydroxylation is 1. The highest BCUT2D eigenvalue weighted by molar-refractivity contribution is 6.27. The number of hydrogen-bond donors (Lipinski definition) is 0. The number of Topliss-reactive ketones (excluding diaryl/α,β-unsaturated/α-hetero) is 2. The zero-order chi connectivity index (χ0) is 26.8. The predicted molar refractivity (Wildman–Crippen MR) is 135 cm³/mol. The molecule has 200 valence electrons. The number of nitrogens with zero attached hydrogens (tertiary/aromatic N) is 1. The standard InChI is InChI=1S/C28H41NO7/c1-6-34-24(31)14-10-11-15-28(26(33)36-27(3,4)5,25(32)21-16-20(2)17-29-18-21)23(30)19-35-22-12-8-7-9-13-22/h16-18,22H,6-15,19H2,1-5H3. The van der Waals surface area contributed by atoms with Gasteiger partial charge in [-0.05, 0) is 71.9 Å². The van der Waals surface area contributed by atoms with Gasteiger partial charge in [0.05, 0.1) is 12.7 Å². The summed E-state index contributed by atoms with van der Waals surface area (Å²) in [5.74, 6) is -2.53. The number of hydrogen-bond acceptors (Lipinski definition) is 8. The van der Waals surface area contributed by atoms with Gasteiger partial charge < -0.3 is 14.2 Å². The van der Waals surface area contributed by atoms with Crippen LogP contribution in [-0.2, 0) is 28.6 Å². The molecule has 1 aromatic rings. The molecule has 36 heavy (non-hydrogen) atoms. The average Bonchev–Trinajstić information content (AvgIpc) is 2.82. The van der Waals surface area contributed by atoms with Crippen LogP contribution in [0.1, 0.15) is 101 Å². The normalized spacial score (nSPS) is 16.1. The fourth-order valence-electron chi connectivity index (χ4n) is 4.42. The van der Waals surface area contributed by atoms with Crippen LogP contribution in [0.4, 0.5) is 0 Å². The van der Waals surface area contributed by atoms with Gasteiger partial charge in [0, 0.05) is 24.4 Å². The van der Waals surface area contributed by atoms with Crippen molar-refractivity contribution in [2.24, 2.45) is 5.41 Å². The molecule has 1 saturated carbocycles. The molecular weight excluding hydrogens is 462 g/mol. The monoisotopic (exact) mass is 503 g/mol. The molecule has 1 atom stereocenters. The molecule has 1 aromatic heterocycles. The lowest BCUT2D eigenvalue weighted by Crippen LogP contribution is -2.51. The van der Waals surface area contributed by atoms with Crippen LogP contribution < -0.4 is 0 Å². The first-order valence-corrected chi connectivity index (χ1v) is 13.0. The van der Waals surface area contributed by atoms with Gasteiger partial charge in [-0.25, -0.2) is 0 Å². The number of ketones is 2. The molecule has 8 heteroatoms. The van der Waals surface area contributed by atoms with Gasteiger partial charge in [0.2, 0.25) is 0 Å². The Morgan fingerprint density at radius 1 is 1.03 bits per heavy atom. The molecule has 0 radical (unpaired) electrons. The molecule has 2 rings (SSSR count). The average molecular weight is 504 g/mol. The molecule has 1 aliphatic rings. The lowest BCUT2D eigenvalue weighted by atomic mass is 9.72. The van der Waals surface area contributed by atoms with Crippen molar-refractivity contribution in [1.29, 1.82) is 0 Å². The van der Waals surface area contributed by atoms with Gasteiger partial charge in [-0.1, -0.05) is 25.7 Å². The number of esters is 2. The second kappa shape index (κ2) is 13.6. The number of unbranched alkanes of at least 4 members (excludes halogenated alkanes) is 1. The van der Waals surface area contributed by atoms with Crippen molar-refractivity contribution in [3.8, 4) is 0 Å². The predicted octanol–water partition coefficient (Wildman–Crippen LogP) is 4.94. The Balaban J connectivity index is 2.40. The number of carbonyl (C=O) groups excluding carboxylic acids is 4. The van der Waals surface area contributed by atoms with E-state index in [-0.39, 0.29) is 50.1 Å². The lowest BCUT2D eigenvalue weighted by molar-refractivity contribution is -0.169. The first kappa shape index (κ1) is 29.6. The Hall–Kier alpha value is -2.61. The van der Waals surface area contributed by atoms with Crippen molar-refractivity contribution in [1.82, 2.24) is 4.98 Å². The van der Waals surface area contributed by atoms with E-state index >= 15 is 0 Å². The highest BCUT2D eigenvalue weighted by Crippen LogP contribution is 2.35. The van der Waals surface area contributed by atoms with Crippen LogP contribution in [0.2, 0.25) is 0 Å². The van der Waals surface area contributed by atoms with Gasteiger partial charge in [-0.3, -0.25) is 24.2 Å². The molecule has 0 N–H and O–H groups in total. The molecule has 0 amide bonds. The zero-order valence-electron chi connectivity index (χ0n) is 22.4. The van der Waals surface area contributed by atoms with Crippen molar-refractivity contribution in [3.63, 3.8) is 0 Å². The summed E-state index contributed by atoms with van der Waals surface area (Å²) >= 11 is 0. The lowest BCUT2D eigenvalue weighted by Gasteiger charge is -2.33. The molecule has 1 unspecified atom stereocenters. The van der Waals surface area contributed by atoms with Gasteiger partial charge in [-0.2, -0.15) is 0 Å². The maximum atomic E-state index is 14.0. The third-order valence-corrected chi connectivity index (χ3v) is 6.24. The van der Waals surface area contributed by atoms with Gasteiger partial charge in [0.15, 0.2) is 17.0 Å². The van der Waals surface area contributed by atoms with Crippen LogP contribution >= 0.6 is 0 Å². The van der Waals surface area contributed by atoms with Gasteiger partial charge in [0.1, 0.15) is 12.2 Å². The van der Waals surface area contributed by atoms with Crippen molar-refractivity contribution >= 4 is 23.5 Å². The maximum Gasteiger partial charge on any atom is 0.328 e. The number of aromatic nitrogens is 1. The Morgan fingerprint density at radius 3 is 2.33 bits per heavy atom. The second-order valence-electron chi connectivity index (χ2n) is 10.5. The molecule has 0 saturated heterocycles. The summed E-state index contributed by atoms with van der Waals surface area (Å²) in [5.41, 5.74) is -2.11. The maximum absolute atomic E-state index is 14.0. The summed E-state index contributed by atoms with van der Waals surface area (Å²) in [7, 11) is 0. The van der Waals surface area contributed by atoms with Crippen LogP contribution in [0.25, 0.3) is 0 Å². The topological polar surface area (TPSA) is 109 Å². The number of ether oxygens (including phenoxy) is 3. The molecule has 8 nitrogen and oxygen atoms in total. The van der Waals surface area contributed by atoms with Crippen LogP contribution in [0.3, 0.4) is 0 Å². The van der Waals surface area contributed by atoms with Crippen molar-refractivity contribution in [3.05, 3.63) is 29.6 Å². The van der Waals surface area contributed by atoms with E-state index in [2.05, 4.69) is 4.98 Å². The molecule has 0 bridgehead atoms. The molecule has 1 fully saturated rings. The third kappa shape index (κ3) is 8.50. The van der Waals surface area contributed by atoms with Crippen LogP contribution in [0.5, 0.6) is 0 Å². The van der Waals surface area contributed by atoms with E-state index in [0.29, 0.717) is 6.42 Å². The van der Waals surface area contributed by atoms with E-state index in [1.54, 1.807) is 46.9 Å². The fraction of sp³-hybridized carbons (Fsp3) is 0.679. The smallest absolute Gasteiger partial charge is 0.328 e. The van der Waals surface area contributed by atoms with Crippen LogP contribution in [-0.4, -0.2) is 53.4 Å². The molecule has 0 aliphatic heterocycles. The molecule has 0 spiro atoms.